The van der Waals surface area contributed by atoms with E-state index in [2.05, 4.69) is 50.2 Å². The van der Waals surface area contributed by atoms with Crippen molar-refractivity contribution < 1.29 is 0 Å². The molecule has 6 aromatic rings. The molecule has 0 unspecified atom stereocenters. The van der Waals surface area contributed by atoms with E-state index in [0.29, 0.717) is 0 Å². The summed E-state index contributed by atoms with van der Waals surface area (Å²) in [6.07, 6.45) is 0. The Labute approximate surface area is 185 Å². The molecule has 32 heavy (non-hydrogen) atoms. The first kappa shape index (κ1) is 18.6. The van der Waals surface area contributed by atoms with E-state index in [4.69, 9.17) is 19.9 Å². The first-order valence-electron chi connectivity index (χ1n) is 10.7. The third-order valence-corrected chi connectivity index (χ3v) is 5.96. The summed E-state index contributed by atoms with van der Waals surface area (Å²) in [5.74, 6) is 0. The largest absolute Gasteiger partial charge is 0.246 e. The number of hydrogen-bond donors (Lipinski definition) is 0. The summed E-state index contributed by atoms with van der Waals surface area (Å²) >= 11 is 0. The highest BCUT2D eigenvalue weighted by Gasteiger charge is 2.17. The monoisotopic (exact) mass is 412 g/mol. The van der Waals surface area contributed by atoms with Gasteiger partial charge in [0.1, 0.15) is 11.4 Å². The average Bonchev–Trinajstić information content (AvgIpc) is 2.83. The summed E-state index contributed by atoms with van der Waals surface area (Å²) in [7, 11) is 0. The molecule has 0 radical (unpaired) electrons. The number of aryl methyl sites for hydroxylation is 2. The highest BCUT2D eigenvalue weighted by Crippen LogP contribution is 2.31. The Morgan fingerprint density at radius 1 is 0.438 bits per heavy atom. The van der Waals surface area contributed by atoms with Gasteiger partial charge in [-0.25, -0.2) is 19.9 Å². The lowest BCUT2D eigenvalue weighted by atomic mass is 10.1. The molecule has 0 atom stereocenters. The van der Waals surface area contributed by atoms with Gasteiger partial charge < -0.3 is 0 Å². The molecule has 0 aliphatic heterocycles. The molecule has 0 saturated heterocycles. The molecule has 6 rings (SSSR count). The zero-order chi connectivity index (χ0) is 21.7. The Balaban J connectivity index is 1.66. The fourth-order valence-corrected chi connectivity index (χ4v) is 4.06. The summed E-state index contributed by atoms with van der Waals surface area (Å²) in [6.45, 7) is 4.20. The molecule has 152 valence electrons. The van der Waals surface area contributed by atoms with Crippen LogP contribution in [0, 0.1) is 13.8 Å². The molecule has 0 bridgehead atoms. The van der Waals surface area contributed by atoms with E-state index in [1.54, 1.807) is 0 Å². The quantitative estimate of drug-likeness (QED) is 0.318. The molecule has 4 heteroatoms. The van der Waals surface area contributed by atoms with E-state index in [1.807, 2.05) is 48.5 Å². The summed E-state index contributed by atoms with van der Waals surface area (Å²) in [5.41, 5.74) is 9.06. The maximum atomic E-state index is 5.05. The van der Waals surface area contributed by atoms with E-state index in [-0.39, 0.29) is 0 Å². The lowest BCUT2D eigenvalue weighted by Crippen LogP contribution is -1.99. The van der Waals surface area contributed by atoms with Crippen LogP contribution in [-0.4, -0.2) is 19.9 Å². The molecule has 0 N–H and O–H groups in total. The fourth-order valence-electron chi connectivity index (χ4n) is 4.06. The number of rotatable bonds is 2. The molecule has 0 spiro atoms. The van der Waals surface area contributed by atoms with E-state index < -0.39 is 0 Å². The van der Waals surface area contributed by atoms with E-state index in [9.17, 15) is 0 Å². The summed E-state index contributed by atoms with van der Waals surface area (Å²) in [6, 6.07) is 28.6. The van der Waals surface area contributed by atoms with Gasteiger partial charge in [0.05, 0.1) is 33.5 Å². The number of pyridine rings is 2. The zero-order valence-corrected chi connectivity index (χ0v) is 17.9. The van der Waals surface area contributed by atoms with Crippen molar-refractivity contribution in [2.24, 2.45) is 0 Å². The Morgan fingerprint density at radius 2 is 0.875 bits per heavy atom. The lowest BCUT2D eigenvalue weighted by molar-refractivity contribution is 1.22. The van der Waals surface area contributed by atoms with Crippen molar-refractivity contribution in [2.75, 3.05) is 0 Å². The minimum atomic E-state index is 0.745. The maximum absolute atomic E-state index is 5.05. The average molecular weight is 412 g/mol. The van der Waals surface area contributed by atoms with Gasteiger partial charge in [0.2, 0.25) is 0 Å². The number of nitrogens with zero attached hydrogens (tertiary/aromatic N) is 4. The minimum Gasteiger partial charge on any atom is -0.246 e. The van der Waals surface area contributed by atoms with Crippen LogP contribution in [0.1, 0.15) is 11.1 Å². The van der Waals surface area contributed by atoms with Crippen molar-refractivity contribution in [3.63, 3.8) is 0 Å². The van der Waals surface area contributed by atoms with Crippen LogP contribution in [0.2, 0.25) is 0 Å². The van der Waals surface area contributed by atoms with Crippen LogP contribution in [0.5, 0.6) is 0 Å². The third-order valence-electron chi connectivity index (χ3n) is 5.96. The van der Waals surface area contributed by atoms with Crippen molar-refractivity contribution in [3.05, 3.63) is 96.1 Å². The first-order chi connectivity index (χ1) is 15.7. The standard InChI is InChI=1S/C28H20N4/c1-17-15-25-26(16-18(17)2)32-28(24-14-12-20-8-4-6-10-22(20)30-24)27(31-25)23-13-11-19-7-3-5-9-21(19)29-23/h3-16H,1-2H3. The summed E-state index contributed by atoms with van der Waals surface area (Å²) in [4.78, 5) is 19.9. The normalized spacial score (nSPS) is 11.4. The predicted octanol–water partition coefficient (Wildman–Crippen LogP) is 6.68. The Hall–Kier alpha value is -4.18. The SMILES string of the molecule is Cc1cc2nc(-c3ccc4ccccc4n3)c(-c3ccc4ccccc4n3)nc2cc1C. The van der Waals surface area contributed by atoms with Gasteiger partial charge in [0, 0.05) is 10.8 Å². The van der Waals surface area contributed by atoms with Gasteiger partial charge in [-0.05, 0) is 61.4 Å². The molecule has 0 aliphatic carbocycles. The number of aromatic nitrogens is 4. The highest BCUT2D eigenvalue weighted by atomic mass is 14.9. The van der Waals surface area contributed by atoms with Crippen LogP contribution in [-0.2, 0) is 0 Å². The second kappa shape index (κ2) is 7.20. The van der Waals surface area contributed by atoms with Gasteiger partial charge in [-0.15, -0.1) is 0 Å². The van der Waals surface area contributed by atoms with Gasteiger partial charge in [-0.1, -0.05) is 48.5 Å². The third kappa shape index (κ3) is 3.08. The Bertz CT molecular complexity index is 1530. The van der Waals surface area contributed by atoms with Crippen LogP contribution >= 0.6 is 0 Å². The lowest BCUT2D eigenvalue weighted by Gasteiger charge is -2.12. The number of benzene rings is 3. The fraction of sp³-hybridized carbons (Fsp3) is 0.0714. The molecule has 0 fully saturated rings. The van der Waals surface area contributed by atoms with Crippen molar-refractivity contribution >= 4 is 32.8 Å². The van der Waals surface area contributed by atoms with Crippen LogP contribution in [0.25, 0.3) is 55.6 Å². The van der Waals surface area contributed by atoms with Gasteiger partial charge in [-0.2, -0.15) is 0 Å². The van der Waals surface area contributed by atoms with Gasteiger partial charge in [-0.3, -0.25) is 0 Å². The molecule has 4 nitrogen and oxygen atoms in total. The van der Waals surface area contributed by atoms with E-state index in [1.165, 1.54) is 11.1 Å². The Morgan fingerprint density at radius 3 is 1.34 bits per heavy atom. The van der Waals surface area contributed by atoms with Crippen LogP contribution in [0.3, 0.4) is 0 Å². The summed E-state index contributed by atoms with van der Waals surface area (Å²) < 4.78 is 0. The molecule has 3 heterocycles. The molecular weight excluding hydrogens is 392 g/mol. The molecule has 0 saturated carbocycles. The van der Waals surface area contributed by atoms with Crippen molar-refractivity contribution in [2.45, 2.75) is 13.8 Å². The van der Waals surface area contributed by atoms with Crippen LogP contribution < -0.4 is 0 Å². The second-order valence-electron chi connectivity index (χ2n) is 8.12. The van der Waals surface area contributed by atoms with Gasteiger partial charge >= 0.3 is 0 Å². The van der Waals surface area contributed by atoms with E-state index >= 15 is 0 Å². The van der Waals surface area contributed by atoms with Crippen LogP contribution in [0.4, 0.5) is 0 Å². The molecule has 3 aromatic heterocycles. The molecule has 0 aliphatic rings. The van der Waals surface area contributed by atoms with Crippen molar-refractivity contribution in [1.82, 2.24) is 19.9 Å². The summed E-state index contributed by atoms with van der Waals surface area (Å²) in [5, 5.41) is 2.20. The van der Waals surface area contributed by atoms with E-state index in [0.717, 1.165) is 55.6 Å². The minimum absolute atomic E-state index is 0.745. The second-order valence-corrected chi connectivity index (χ2v) is 8.12. The van der Waals surface area contributed by atoms with Crippen LogP contribution in [0.15, 0.2) is 84.9 Å². The molecule has 0 amide bonds. The van der Waals surface area contributed by atoms with Gasteiger partial charge in [0.25, 0.3) is 0 Å². The highest BCUT2D eigenvalue weighted by molar-refractivity contribution is 5.89. The number of fused-ring (bicyclic) bond motifs is 3. The van der Waals surface area contributed by atoms with Crippen molar-refractivity contribution in [1.29, 1.82) is 0 Å². The molecular formula is C28H20N4. The van der Waals surface area contributed by atoms with Gasteiger partial charge in [0.15, 0.2) is 0 Å². The number of hydrogen-bond acceptors (Lipinski definition) is 4. The Kier molecular flexibility index (Phi) is 4.18. The first-order valence-corrected chi connectivity index (χ1v) is 10.7. The number of para-hydroxylation sites is 2. The zero-order valence-electron chi connectivity index (χ0n) is 17.9. The van der Waals surface area contributed by atoms with Crippen molar-refractivity contribution in [3.8, 4) is 22.8 Å². The smallest absolute Gasteiger partial charge is 0.117 e. The maximum Gasteiger partial charge on any atom is 0.117 e. The predicted molar refractivity (Wildman–Crippen MR) is 130 cm³/mol. The topological polar surface area (TPSA) is 51.6 Å². The molecule has 3 aromatic carbocycles.